The standard InChI is InChI=1S/3C6H5.2C3H4O2.Sb/c3*1-2-4-6-5-3-1;2*1-2-3(4)5;/h3*1-5H;2*2H,1H2,(H,4,5);/q;;;;;+2/p-2. The van der Waals surface area contributed by atoms with Crippen molar-refractivity contribution < 1.29 is 19.8 Å². The number of hydrogen-bond donors (Lipinski definition) is 0. The average molecular weight is 495 g/mol. The van der Waals surface area contributed by atoms with Crippen LogP contribution >= 0.6 is 0 Å². The first-order valence-corrected chi connectivity index (χ1v) is 12.4. The molecule has 0 radical (unpaired) electrons. The SMILES string of the molecule is C=CC(=O)[O-].C=CC(=O)[O-].c1cc[c]([Sb+2]([c]2ccccc2)[c]2ccccc2)cc1. The minimum atomic E-state index is -1.83. The number of carboxylic acid groups (broad SMARTS) is 2. The summed E-state index contributed by atoms with van der Waals surface area (Å²) in [6.07, 6.45) is 1.44. The number of aliphatic carboxylic acids is 2. The van der Waals surface area contributed by atoms with Gasteiger partial charge in [0, 0.05) is 0 Å². The maximum absolute atomic E-state index is 9.14. The third-order valence-corrected chi connectivity index (χ3v) is 10.4. The number of hydrogen-bond acceptors (Lipinski definition) is 4. The number of carbonyl (C=O) groups excluding carboxylic acids is 2. The first kappa shape index (κ1) is 23.9. The molecule has 146 valence electrons. The summed E-state index contributed by atoms with van der Waals surface area (Å²) < 4.78 is 4.55. The summed E-state index contributed by atoms with van der Waals surface area (Å²) >= 11 is -1.83. The molecule has 0 fully saturated rings. The van der Waals surface area contributed by atoms with Crippen LogP contribution in [0.2, 0.25) is 0 Å². The van der Waals surface area contributed by atoms with Crippen LogP contribution in [0.3, 0.4) is 0 Å². The van der Waals surface area contributed by atoms with Crippen molar-refractivity contribution in [2.24, 2.45) is 0 Å². The zero-order valence-electron chi connectivity index (χ0n) is 15.8. The van der Waals surface area contributed by atoms with Crippen LogP contribution in [0.5, 0.6) is 0 Å². The van der Waals surface area contributed by atoms with E-state index in [1.165, 1.54) is 10.5 Å². The van der Waals surface area contributed by atoms with E-state index in [2.05, 4.69) is 104 Å². The Balaban J connectivity index is 0.000000353. The van der Waals surface area contributed by atoms with E-state index in [1.807, 2.05) is 0 Å². The van der Waals surface area contributed by atoms with Gasteiger partial charge in [0.15, 0.2) is 0 Å². The first-order chi connectivity index (χ1) is 14.0. The van der Waals surface area contributed by atoms with E-state index in [1.54, 1.807) is 0 Å². The fourth-order valence-corrected chi connectivity index (χ4v) is 8.76. The summed E-state index contributed by atoms with van der Waals surface area (Å²) in [6, 6.07) is 32.9. The molecular weight excluding hydrogens is 474 g/mol. The second kappa shape index (κ2) is 14.0. The predicted octanol–water partition coefficient (Wildman–Crippen LogP) is 0.0474. The first-order valence-electron chi connectivity index (χ1n) is 8.61. The van der Waals surface area contributed by atoms with Gasteiger partial charge < -0.3 is 19.8 Å². The van der Waals surface area contributed by atoms with Gasteiger partial charge in [0.1, 0.15) is 0 Å². The molecule has 4 nitrogen and oxygen atoms in total. The molecule has 0 bridgehead atoms. The van der Waals surface area contributed by atoms with Crippen LogP contribution in [-0.4, -0.2) is 32.1 Å². The summed E-state index contributed by atoms with van der Waals surface area (Å²) in [7, 11) is 0. The normalized spacial score (nSPS) is 8.83. The van der Waals surface area contributed by atoms with E-state index in [0.717, 1.165) is 12.2 Å². The van der Waals surface area contributed by atoms with Crippen molar-refractivity contribution in [2.75, 3.05) is 0 Å². The van der Waals surface area contributed by atoms with Gasteiger partial charge in [0.05, 0.1) is 11.9 Å². The second-order valence-corrected chi connectivity index (χ2v) is 11.7. The molecule has 0 spiro atoms. The van der Waals surface area contributed by atoms with Crippen LogP contribution in [0, 0.1) is 0 Å². The van der Waals surface area contributed by atoms with E-state index in [4.69, 9.17) is 19.8 Å². The number of carbonyl (C=O) groups is 2. The van der Waals surface area contributed by atoms with Crippen LogP contribution in [0.1, 0.15) is 0 Å². The minimum absolute atomic E-state index is 0.722. The maximum atomic E-state index is 9.14. The molecule has 0 aliphatic carbocycles. The topological polar surface area (TPSA) is 80.3 Å². The Hall–Kier alpha value is -3.10. The Kier molecular flexibility index (Phi) is 11.5. The van der Waals surface area contributed by atoms with Crippen molar-refractivity contribution >= 4 is 42.7 Å². The van der Waals surface area contributed by atoms with Gasteiger partial charge in [-0.1, -0.05) is 13.2 Å². The van der Waals surface area contributed by atoms with Gasteiger partial charge in [-0.2, -0.15) is 0 Å². The van der Waals surface area contributed by atoms with Crippen LogP contribution < -0.4 is 20.7 Å². The summed E-state index contributed by atoms with van der Waals surface area (Å²) in [6.45, 7) is 5.80. The monoisotopic (exact) mass is 494 g/mol. The molecule has 0 aliphatic heterocycles. The van der Waals surface area contributed by atoms with Crippen molar-refractivity contribution in [3.63, 3.8) is 0 Å². The summed E-state index contributed by atoms with van der Waals surface area (Å²) in [5, 5.41) is 18.3. The Morgan fingerprint density at radius 1 is 0.586 bits per heavy atom. The van der Waals surface area contributed by atoms with E-state index in [9.17, 15) is 0 Å². The molecule has 3 aromatic rings. The van der Waals surface area contributed by atoms with Crippen LogP contribution in [0.25, 0.3) is 0 Å². The molecule has 3 aromatic carbocycles. The molecular formula is C24H21O4Sb. The molecule has 0 amide bonds. The van der Waals surface area contributed by atoms with Gasteiger partial charge in [-0.3, -0.25) is 0 Å². The molecule has 5 heteroatoms. The molecule has 3 rings (SSSR count). The Bertz CT molecular complexity index is 782. The predicted molar refractivity (Wildman–Crippen MR) is 114 cm³/mol. The summed E-state index contributed by atoms with van der Waals surface area (Å²) in [5.41, 5.74) is 0. The van der Waals surface area contributed by atoms with Gasteiger partial charge in [-0.05, 0) is 12.2 Å². The van der Waals surface area contributed by atoms with Gasteiger partial charge >= 0.3 is 122 Å². The van der Waals surface area contributed by atoms with Crippen molar-refractivity contribution in [2.45, 2.75) is 0 Å². The zero-order valence-corrected chi connectivity index (χ0v) is 18.4. The van der Waals surface area contributed by atoms with Gasteiger partial charge in [0.25, 0.3) is 0 Å². The molecule has 0 saturated heterocycles. The van der Waals surface area contributed by atoms with Gasteiger partial charge in [-0.25, -0.2) is 0 Å². The Labute approximate surface area is 178 Å². The quantitative estimate of drug-likeness (QED) is 0.370. The van der Waals surface area contributed by atoms with E-state index >= 15 is 0 Å². The fourth-order valence-electron chi connectivity index (χ4n) is 2.18. The molecule has 0 aromatic heterocycles. The second-order valence-electron chi connectivity index (χ2n) is 5.39. The zero-order chi connectivity index (χ0) is 21.5. The Morgan fingerprint density at radius 2 is 0.793 bits per heavy atom. The molecule has 29 heavy (non-hydrogen) atoms. The van der Waals surface area contributed by atoms with Crippen molar-refractivity contribution in [3.05, 3.63) is 116 Å². The number of benzene rings is 3. The number of rotatable bonds is 5. The van der Waals surface area contributed by atoms with Crippen molar-refractivity contribution in [3.8, 4) is 0 Å². The van der Waals surface area contributed by atoms with Crippen LogP contribution in [0.4, 0.5) is 0 Å². The van der Waals surface area contributed by atoms with Gasteiger partial charge in [0.2, 0.25) is 0 Å². The van der Waals surface area contributed by atoms with E-state index in [0.29, 0.717) is 0 Å². The molecule has 0 atom stereocenters. The molecule has 0 heterocycles. The van der Waals surface area contributed by atoms with Crippen molar-refractivity contribution in [1.29, 1.82) is 0 Å². The summed E-state index contributed by atoms with van der Waals surface area (Å²) in [4.78, 5) is 18.3. The molecule has 0 aliphatic rings. The fraction of sp³-hybridized carbons (Fsp3) is 0. The van der Waals surface area contributed by atoms with Crippen LogP contribution in [0.15, 0.2) is 116 Å². The van der Waals surface area contributed by atoms with Crippen molar-refractivity contribution in [1.82, 2.24) is 0 Å². The molecule has 0 unspecified atom stereocenters. The number of carboxylic acids is 2. The average Bonchev–Trinajstić information content (AvgIpc) is 2.77. The van der Waals surface area contributed by atoms with E-state index in [-0.39, 0.29) is 0 Å². The van der Waals surface area contributed by atoms with Crippen LogP contribution in [-0.2, 0) is 9.59 Å². The summed E-state index contributed by atoms with van der Waals surface area (Å²) in [5.74, 6) is -2.46. The molecule has 0 N–H and O–H groups in total. The Morgan fingerprint density at radius 3 is 0.966 bits per heavy atom. The molecule has 0 saturated carbocycles. The third-order valence-electron chi connectivity index (χ3n) is 3.38. The third kappa shape index (κ3) is 9.59. The van der Waals surface area contributed by atoms with E-state index < -0.39 is 32.1 Å². The van der Waals surface area contributed by atoms with Gasteiger partial charge in [-0.15, -0.1) is 0 Å².